The number of carbonyl (C=O) groups excluding carboxylic acids is 1. The van der Waals surface area contributed by atoms with Crippen molar-refractivity contribution in [1.29, 1.82) is 0 Å². The summed E-state index contributed by atoms with van der Waals surface area (Å²) in [5.74, 6) is -0.0108. The van der Waals surface area contributed by atoms with Crippen LogP contribution in [-0.2, 0) is 11.3 Å². The predicted molar refractivity (Wildman–Crippen MR) is 84.0 cm³/mol. The van der Waals surface area contributed by atoms with Gasteiger partial charge in [-0.15, -0.1) is 11.3 Å². The van der Waals surface area contributed by atoms with Crippen LogP contribution < -0.4 is 10.6 Å². The van der Waals surface area contributed by atoms with Crippen LogP contribution >= 0.6 is 22.9 Å². The minimum absolute atomic E-state index is 0.0108. The van der Waals surface area contributed by atoms with E-state index in [1.54, 1.807) is 0 Å². The molecule has 5 heteroatoms. The molecule has 1 aromatic carbocycles. The van der Waals surface area contributed by atoms with E-state index in [4.69, 9.17) is 11.6 Å². The van der Waals surface area contributed by atoms with Gasteiger partial charge < -0.3 is 10.6 Å². The number of thiophene rings is 1. The van der Waals surface area contributed by atoms with Crippen molar-refractivity contribution in [3.8, 4) is 0 Å². The van der Waals surface area contributed by atoms with Gasteiger partial charge in [-0.25, -0.2) is 0 Å². The van der Waals surface area contributed by atoms with Crippen molar-refractivity contribution >= 4 is 28.8 Å². The third-order valence-electron chi connectivity index (χ3n) is 2.92. The van der Waals surface area contributed by atoms with Crippen LogP contribution in [0.3, 0.4) is 0 Å². The average molecular weight is 309 g/mol. The number of rotatable bonds is 6. The Bertz CT molecular complexity index is 556. The number of carbonyl (C=O) groups is 1. The molecule has 1 atom stereocenters. The van der Waals surface area contributed by atoms with Gasteiger partial charge in [-0.1, -0.05) is 41.9 Å². The molecule has 0 bridgehead atoms. The second-order valence-electron chi connectivity index (χ2n) is 4.51. The molecule has 0 spiro atoms. The van der Waals surface area contributed by atoms with Crippen molar-refractivity contribution in [2.45, 2.75) is 19.5 Å². The third kappa shape index (κ3) is 4.63. The van der Waals surface area contributed by atoms with E-state index >= 15 is 0 Å². The molecule has 2 rings (SSSR count). The molecule has 3 nitrogen and oxygen atoms in total. The van der Waals surface area contributed by atoms with Crippen LogP contribution in [0.4, 0.5) is 0 Å². The van der Waals surface area contributed by atoms with Gasteiger partial charge in [-0.05, 0) is 24.6 Å². The summed E-state index contributed by atoms with van der Waals surface area (Å²) in [7, 11) is 0. The second-order valence-corrected chi connectivity index (χ2v) is 6.25. The van der Waals surface area contributed by atoms with E-state index in [1.807, 2.05) is 49.4 Å². The van der Waals surface area contributed by atoms with Crippen molar-refractivity contribution < 1.29 is 4.79 Å². The molecular weight excluding hydrogens is 292 g/mol. The normalized spacial score (nSPS) is 12.1. The maximum Gasteiger partial charge on any atom is 0.234 e. The molecule has 0 aliphatic rings. The van der Waals surface area contributed by atoms with Crippen molar-refractivity contribution in [3.63, 3.8) is 0 Å². The van der Waals surface area contributed by atoms with Gasteiger partial charge in [0, 0.05) is 17.5 Å². The first-order valence-corrected chi connectivity index (χ1v) is 7.64. The molecule has 0 aliphatic heterocycles. The van der Waals surface area contributed by atoms with Gasteiger partial charge in [0.15, 0.2) is 0 Å². The molecule has 106 valence electrons. The van der Waals surface area contributed by atoms with Gasteiger partial charge in [0.05, 0.1) is 10.9 Å². The summed E-state index contributed by atoms with van der Waals surface area (Å²) in [6.07, 6.45) is 0. The highest BCUT2D eigenvalue weighted by atomic mass is 35.5. The molecule has 0 saturated carbocycles. The number of benzene rings is 1. The summed E-state index contributed by atoms with van der Waals surface area (Å²) in [4.78, 5) is 12.9. The summed E-state index contributed by atoms with van der Waals surface area (Å²) in [6.45, 7) is 2.87. The van der Waals surface area contributed by atoms with Gasteiger partial charge in [0.1, 0.15) is 0 Å². The minimum Gasteiger partial charge on any atom is -0.351 e. The zero-order valence-corrected chi connectivity index (χ0v) is 12.8. The van der Waals surface area contributed by atoms with Gasteiger partial charge in [0.25, 0.3) is 0 Å². The van der Waals surface area contributed by atoms with Gasteiger partial charge in [-0.3, -0.25) is 4.79 Å². The van der Waals surface area contributed by atoms with E-state index < -0.39 is 0 Å². The van der Waals surface area contributed by atoms with Crippen LogP contribution in [0.1, 0.15) is 23.4 Å². The Kier molecular flexibility index (Phi) is 5.59. The molecule has 20 heavy (non-hydrogen) atoms. The first-order chi connectivity index (χ1) is 9.65. The van der Waals surface area contributed by atoms with Crippen LogP contribution in [-0.4, -0.2) is 12.5 Å². The molecule has 2 N–H and O–H groups in total. The minimum atomic E-state index is -0.0108. The largest absolute Gasteiger partial charge is 0.351 e. The maximum atomic E-state index is 11.8. The Morgan fingerprint density at radius 2 is 2.00 bits per heavy atom. The molecule has 0 saturated heterocycles. The van der Waals surface area contributed by atoms with E-state index in [1.165, 1.54) is 11.3 Å². The van der Waals surface area contributed by atoms with E-state index in [9.17, 15) is 4.79 Å². The van der Waals surface area contributed by atoms with Gasteiger partial charge in [0.2, 0.25) is 5.91 Å². The third-order valence-corrected chi connectivity index (χ3v) is 4.34. The highest BCUT2D eigenvalue weighted by Crippen LogP contribution is 2.26. The fourth-order valence-electron chi connectivity index (χ4n) is 1.77. The Morgan fingerprint density at radius 1 is 1.25 bits per heavy atom. The summed E-state index contributed by atoms with van der Waals surface area (Å²) in [6, 6.07) is 13.8. The lowest BCUT2D eigenvalue weighted by molar-refractivity contribution is -0.120. The topological polar surface area (TPSA) is 41.1 Å². The molecule has 1 unspecified atom stereocenters. The molecule has 1 aromatic heterocycles. The molecular formula is C15H17ClN2OS. The zero-order chi connectivity index (χ0) is 14.4. The lowest BCUT2D eigenvalue weighted by Crippen LogP contribution is -2.34. The monoisotopic (exact) mass is 308 g/mol. The maximum absolute atomic E-state index is 11.8. The lowest BCUT2D eigenvalue weighted by atomic mass is 10.2. The fraction of sp³-hybridized carbons (Fsp3) is 0.267. The lowest BCUT2D eigenvalue weighted by Gasteiger charge is -2.12. The van der Waals surface area contributed by atoms with Crippen molar-refractivity contribution in [2.75, 3.05) is 6.54 Å². The predicted octanol–water partition coefficient (Wildman–Crippen LogP) is 3.37. The summed E-state index contributed by atoms with van der Waals surface area (Å²) < 4.78 is 0.766. The summed E-state index contributed by atoms with van der Waals surface area (Å²) >= 11 is 7.43. The van der Waals surface area contributed by atoms with Crippen LogP contribution in [0.5, 0.6) is 0 Å². The standard InChI is InChI=1S/C15H17ClN2OS/c1-11(13-7-8-14(16)20-13)17-10-15(19)18-9-12-5-3-2-4-6-12/h2-8,11,17H,9-10H2,1H3,(H,18,19). The van der Waals surface area contributed by atoms with Crippen LogP contribution in [0.25, 0.3) is 0 Å². The SMILES string of the molecule is CC(NCC(=O)NCc1ccccc1)c1ccc(Cl)s1. The highest BCUT2D eigenvalue weighted by molar-refractivity contribution is 7.16. The fourth-order valence-corrected chi connectivity index (χ4v) is 2.85. The van der Waals surface area contributed by atoms with Crippen LogP contribution in [0.15, 0.2) is 42.5 Å². The number of halogens is 1. The Morgan fingerprint density at radius 3 is 2.65 bits per heavy atom. The number of hydrogen-bond donors (Lipinski definition) is 2. The van der Waals surface area contributed by atoms with Crippen LogP contribution in [0.2, 0.25) is 4.34 Å². The Balaban J connectivity index is 1.72. The summed E-state index contributed by atoms with van der Waals surface area (Å²) in [5, 5.41) is 6.07. The Labute approximate surface area is 128 Å². The molecule has 0 radical (unpaired) electrons. The van der Waals surface area contributed by atoms with Crippen LogP contribution in [0, 0.1) is 0 Å². The van der Waals surface area contributed by atoms with E-state index in [0.717, 1.165) is 14.8 Å². The van der Waals surface area contributed by atoms with Crippen molar-refractivity contribution in [2.24, 2.45) is 0 Å². The number of amides is 1. The smallest absolute Gasteiger partial charge is 0.234 e. The first kappa shape index (κ1) is 15.0. The molecule has 0 aliphatic carbocycles. The average Bonchev–Trinajstić information content (AvgIpc) is 2.90. The van der Waals surface area contributed by atoms with Crippen molar-refractivity contribution in [1.82, 2.24) is 10.6 Å². The first-order valence-electron chi connectivity index (χ1n) is 6.44. The quantitative estimate of drug-likeness (QED) is 0.859. The summed E-state index contributed by atoms with van der Waals surface area (Å²) in [5.41, 5.74) is 1.10. The van der Waals surface area contributed by atoms with E-state index in [2.05, 4.69) is 10.6 Å². The number of nitrogens with one attached hydrogen (secondary N) is 2. The molecule has 0 fully saturated rings. The van der Waals surface area contributed by atoms with Gasteiger partial charge in [-0.2, -0.15) is 0 Å². The van der Waals surface area contributed by atoms with E-state index in [0.29, 0.717) is 13.1 Å². The molecule has 1 amide bonds. The zero-order valence-electron chi connectivity index (χ0n) is 11.2. The van der Waals surface area contributed by atoms with E-state index in [-0.39, 0.29) is 11.9 Å². The van der Waals surface area contributed by atoms with Gasteiger partial charge >= 0.3 is 0 Å². The second kappa shape index (κ2) is 7.43. The molecule has 2 aromatic rings. The Hall–Kier alpha value is -1.36. The highest BCUT2D eigenvalue weighted by Gasteiger charge is 2.09. The number of hydrogen-bond acceptors (Lipinski definition) is 3. The van der Waals surface area contributed by atoms with Crippen molar-refractivity contribution in [3.05, 3.63) is 57.2 Å². The molecule has 1 heterocycles.